The maximum absolute atomic E-state index is 13.6. The third-order valence-corrected chi connectivity index (χ3v) is 9.17. The zero-order valence-corrected chi connectivity index (χ0v) is 27.0. The Kier molecular flexibility index (Phi) is 11.5. The molecular weight excluding hydrogens is 651 g/mol. The first-order chi connectivity index (χ1) is 22.4. The van der Waals surface area contributed by atoms with Gasteiger partial charge in [-0.25, -0.2) is 0 Å². The van der Waals surface area contributed by atoms with Crippen molar-refractivity contribution < 1.29 is 39.5 Å². The van der Waals surface area contributed by atoms with Gasteiger partial charge in [0, 0.05) is 25.3 Å². The fraction of sp³-hybridized carbons (Fsp3) is 0.545. The topological polar surface area (TPSA) is 57.2 Å². The Balaban J connectivity index is 1.75. The van der Waals surface area contributed by atoms with Crippen molar-refractivity contribution in [1.82, 2.24) is 30.3 Å². The summed E-state index contributed by atoms with van der Waals surface area (Å²) < 4.78 is 120. The Hall–Kier alpha value is -3.30. The summed E-state index contributed by atoms with van der Waals surface area (Å²) >= 11 is 0. The molecule has 15 heteroatoms. The van der Waals surface area contributed by atoms with Crippen LogP contribution in [0.15, 0.2) is 54.7 Å². The van der Waals surface area contributed by atoms with Gasteiger partial charge in [0.15, 0.2) is 5.69 Å². The first kappa shape index (κ1) is 37.5. The van der Waals surface area contributed by atoms with Crippen molar-refractivity contribution >= 4 is 0 Å². The summed E-state index contributed by atoms with van der Waals surface area (Å²) in [4.78, 5) is 8.26. The van der Waals surface area contributed by atoms with Gasteiger partial charge in [-0.1, -0.05) is 32.4 Å². The van der Waals surface area contributed by atoms with Crippen LogP contribution in [0.2, 0.25) is 0 Å². The maximum Gasteiger partial charge on any atom is 0.435 e. The van der Waals surface area contributed by atoms with Gasteiger partial charge in [-0.05, 0) is 81.7 Å². The Morgan fingerprint density at radius 1 is 0.771 bits per heavy atom. The molecule has 4 rings (SSSR count). The van der Waals surface area contributed by atoms with Crippen LogP contribution in [0.3, 0.4) is 0 Å². The van der Waals surface area contributed by atoms with E-state index in [0.29, 0.717) is 30.0 Å². The van der Waals surface area contributed by atoms with Crippen LogP contribution in [-0.2, 0) is 24.1 Å². The van der Waals surface area contributed by atoms with Crippen molar-refractivity contribution in [1.29, 1.82) is 0 Å². The van der Waals surface area contributed by atoms with Crippen LogP contribution in [0.25, 0.3) is 0 Å². The lowest BCUT2D eigenvalue weighted by Crippen LogP contribution is -2.56. The SMILES string of the molecule is CCN[C@H](CN(CC)C(C)(CN(C1CCC1)[C@H](C)c1ccc(C(F)(F)F)nn1)c1ccc(C(F)(F)F)cc1)c1ccc(C(F)(F)F)cn1. The monoisotopic (exact) mass is 690 g/mol. The lowest BCUT2D eigenvalue weighted by atomic mass is 9.84. The molecule has 3 atom stereocenters. The largest absolute Gasteiger partial charge is 0.435 e. The van der Waals surface area contributed by atoms with Gasteiger partial charge in [0.05, 0.1) is 40.1 Å². The molecule has 0 amide bonds. The number of rotatable bonds is 13. The highest BCUT2D eigenvalue weighted by atomic mass is 19.4. The second-order valence-corrected chi connectivity index (χ2v) is 12.2. The second-order valence-electron chi connectivity index (χ2n) is 12.2. The van der Waals surface area contributed by atoms with E-state index in [2.05, 4.69) is 25.4 Å². The molecule has 1 fully saturated rings. The van der Waals surface area contributed by atoms with Crippen molar-refractivity contribution in [3.05, 3.63) is 88.5 Å². The molecule has 6 nitrogen and oxygen atoms in total. The smallest absolute Gasteiger partial charge is 0.308 e. The van der Waals surface area contributed by atoms with Gasteiger partial charge in [0.2, 0.25) is 0 Å². The number of nitrogens with one attached hydrogen (secondary N) is 1. The Morgan fingerprint density at radius 3 is 1.79 bits per heavy atom. The number of hydrogen-bond acceptors (Lipinski definition) is 6. The molecule has 1 N–H and O–H groups in total. The lowest BCUT2D eigenvalue weighted by Gasteiger charge is -2.50. The minimum absolute atomic E-state index is 0.0257. The van der Waals surface area contributed by atoms with E-state index in [9.17, 15) is 39.5 Å². The van der Waals surface area contributed by atoms with E-state index in [1.54, 1.807) is 0 Å². The summed E-state index contributed by atoms with van der Waals surface area (Å²) in [6.45, 7) is 8.75. The number of alkyl halides is 9. The van der Waals surface area contributed by atoms with Crippen molar-refractivity contribution in [3.8, 4) is 0 Å². The molecule has 0 saturated heterocycles. The lowest BCUT2D eigenvalue weighted by molar-refractivity contribution is -0.142. The molecule has 1 aliphatic rings. The number of hydrogen-bond donors (Lipinski definition) is 1. The normalized spacial score (nSPS) is 17.3. The van der Waals surface area contributed by atoms with Crippen LogP contribution in [0.1, 0.15) is 92.8 Å². The molecule has 0 radical (unpaired) electrons. The van der Waals surface area contributed by atoms with E-state index < -0.39 is 53.0 Å². The highest BCUT2D eigenvalue weighted by Crippen LogP contribution is 2.40. The van der Waals surface area contributed by atoms with Gasteiger partial charge in [0.1, 0.15) is 0 Å². The number of pyridine rings is 1. The fourth-order valence-corrected chi connectivity index (χ4v) is 6.12. The average Bonchev–Trinajstić information content (AvgIpc) is 3.00. The summed E-state index contributed by atoms with van der Waals surface area (Å²) in [5.41, 5.74) is -2.58. The zero-order chi connectivity index (χ0) is 35.5. The maximum atomic E-state index is 13.6. The predicted octanol–water partition coefficient (Wildman–Crippen LogP) is 8.43. The molecule has 0 aliphatic heterocycles. The highest BCUT2D eigenvalue weighted by molar-refractivity contribution is 5.31. The zero-order valence-electron chi connectivity index (χ0n) is 27.0. The van der Waals surface area contributed by atoms with E-state index in [-0.39, 0.29) is 19.1 Å². The molecule has 48 heavy (non-hydrogen) atoms. The highest BCUT2D eigenvalue weighted by Gasteiger charge is 2.42. The van der Waals surface area contributed by atoms with Gasteiger partial charge < -0.3 is 5.32 Å². The van der Waals surface area contributed by atoms with Crippen LogP contribution in [0, 0.1) is 0 Å². The second kappa shape index (κ2) is 14.7. The average molecular weight is 691 g/mol. The number of nitrogens with zero attached hydrogens (tertiary/aromatic N) is 5. The number of benzene rings is 1. The van der Waals surface area contributed by atoms with Crippen LogP contribution in [0.4, 0.5) is 39.5 Å². The van der Waals surface area contributed by atoms with E-state index in [1.807, 2.05) is 32.6 Å². The third kappa shape index (κ3) is 8.64. The molecule has 264 valence electrons. The van der Waals surface area contributed by atoms with E-state index >= 15 is 0 Å². The van der Waals surface area contributed by atoms with Gasteiger partial charge in [-0.2, -0.15) is 44.6 Å². The molecule has 1 aromatic carbocycles. The molecule has 0 bridgehead atoms. The third-order valence-electron chi connectivity index (χ3n) is 9.17. The molecule has 0 spiro atoms. The summed E-state index contributed by atoms with van der Waals surface area (Å²) in [5.74, 6) is 0. The molecule has 1 aliphatic carbocycles. The minimum Gasteiger partial charge on any atom is -0.308 e. The molecule has 3 aromatic rings. The van der Waals surface area contributed by atoms with Crippen LogP contribution in [-0.4, -0.2) is 57.2 Å². The van der Waals surface area contributed by atoms with Crippen molar-refractivity contribution in [2.75, 3.05) is 26.2 Å². The molecule has 2 aromatic heterocycles. The summed E-state index contributed by atoms with van der Waals surface area (Å²) in [6.07, 6.45) is -10.5. The molecular formula is C33H39F9N6. The van der Waals surface area contributed by atoms with Crippen LogP contribution >= 0.6 is 0 Å². The van der Waals surface area contributed by atoms with Crippen LogP contribution < -0.4 is 5.32 Å². The standard InChI is InChI=1S/C33H39F9N6/c1-5-43-28(27-15-14-24(18-44-27)32(37,38)39)19-47(6-2)30(4,22-10-12-23(13-11-22)31(34,35)36)20-48(25-8-7-9-25)21(3)26-16-17-29(46-45-26)33(40,41)42/h10-18,21,25,28,43H,5-9,19-20H2,1-4H3/t21-,28-,30?/m1/s1. The summed E-state index contributed by atoms with van der Waals surface area (Å²) in [6, 6.07) is 8.29. The quantitative estimate of drug-likeness (QED) is 0.182. The van der Waals surface area contributed by atoms with Crippen molar-refractivity contribution in [2.45, 2.75) is 89.2 Å². The van der Waals surface area contributed by atoms with Gasteiger partial charge >= 0.3 is 18.5 Å². The summed E-state index contributed by atoms with van der Waals surface area (Å²) in [5, 5.41) is 10.6. The van der Waals surface area contributed by atoms with Crippen molar-refractivity contribution in [3.63, 3.8) is 0 Å². The number of aromatic nitrogens is 3. The minimum atomic E-state index is -4.66. The van der Waals surface area contributed by atoms with E-state index in [4.69, 9.17) is 0 Å². The number of likely N-dealkylation sites (N-methyl/N-ethyl adjacent to an activating group) is 2. The van der Waals surface area contributed by atoms with Gasteiger partial charge in [-0.3, -0.25) is 14.8 Å². The Labute approximate surface area is 273 Å². The Bertz CT molecular complexity index is 1450. The molecule has 2 heterocycles. The van der Waals surface area contributed by atoms with Crippen LogP contribution in [0.5, 0.6) is 0 Å². The predicted molar refractivity (Wildman–Crippen MR) is 161 cm³/mol. The number of halogens is 9. The summed E-state index contributed by atoms with van der Waals surface area (Å²) in [7, 11) is 0. The van der Waals surface area contributed by atoms with E-state index in [1.165, 1.54) is 24.3 Å². The Morgan fingerprint density at radius 2 is 1.35 bits per heavy atom. The van der Waals surface area contributed by atoms with Gasteiger partial charge in [0.25, 0.3) is 0 Å². The first-order valence-corrected chi connectivity index (χ1v) is 15.7. The van der Waals surface area contributed by atoms with Crippen molar-refractivity contribution in [2.24, 2.45) is 0 Å². The molecule has 1 unspecified atom stereocenters. The van der Waals surface area contributed by atoms with Gasteiger partial charge in [-0.15, -0.1) is 5.10 Å². The molecule has 1 saturated carbocycles. The van der Waals surface area contributed by atoms with E-state index in [0.717, 1.165) is 49.7 Å². The first-order valence-electron chi connectivity index (χ1n) is 15.7. The fourth-order valence-electron chi connectivity index (χ4n) is 6.12.